The summed E-state index contributed by atoms with van der Waals surface area (Å²) in [6.45, 7) is 3.37. The molecule has 1 aromatic rings. The number of aliphatic carboxylic acids is 1. The van der Waals surface area contributed by atoms with Crippen molar-refractivity contribution in [2.45, 2.75) is 17.5 Å². The van der Waals surface area contributed by atoms with E-state index in [1.807, 2.05) is 4.72 Å². The molecule has 0 aromatic carbocycles. The van der Waals surface area contributed by atoms with E-state index in [4.69, 9.17) is 5.11 Å². The number of hydrogen-bond donors (Lipinski definition) is 2. The van der Waals surface area contributed by atoms with Crippen molar-refractivity contribution in [1.82, 2.24) is 14.3 Å². The van der Waals surface area contributed by atoms with E-state index >= 15 is 0 Å². The maximum Gasteiger partial charge on any atom is 0.322 e. The van der Waals surface area contributed by atoms with E-state index in [2.05, 4.69) is 11.6 Å². The Morgan fingerprint density at radius 2 is 2.41 bits per heavy atom. The van der Waals surface area contributed by atoms with Gasteiger partial charge in [-0.2, -0.15) is 4.72 Å². The van der Waals surface area contributed by atoms with Crippen molar-refractivity contribution in [1.29, 1.82) is 0 Å². The number of aromatic nitrogens is 2. The molecule has 0 aliphatic rings. The molecule has 0 aliphatic carbocycles. The van der Waals surface area contributed by atoms with Gasteiger partial charge in [0.25, 0.3) is 10.0 Å². The summed E-state index contributed by atoms with van der Waals surface area (Å²) in [6.07, 6.45) is 3.94. The molecular weight excluding hydrogens is 246 g/mol. The highest BCUT2D eigenvalue weighted by Gasteiger charge is 2.25. The van der Waals surface area contributed by atoms with Gasteiger partial charge >= 0.3 is 5.97 Å². The lowest BCUT2D eigenvalue weighted by Gasteiger charge is -2.11. The van der Waals surface area contributed by atoms with Gasteiger partial charge in [0.1, 0.15) is 6.04 Å². The van der Waals surface area contributed by atoms with Crippen LogP contribution in [-0.4, -0.2) is 35.1 Å². The van der Waals surface area contributed by atoms with E-state index in [0.29, 0.717) is 0 Å². The summed E-state index contributed by atoms with van der Waals surface area (Å²) in [5, 5.41) is 8.61. The van der Waals surface area contributed by atoms with Crippen LogP contribution in [0.1, 0.15) is 6.42 Å². The lowest BCUT2D eigenvalue weighted by Crippen LogP contribution is -2.40. The monoisotopic (exact) mass is 259 g/mol. The van der Waals surface area contributed by atoms with Crippen LogP contribution >= 0.6 is 0 Å². The molecule has 1 atom stereocenters. The number of carboxylic acid groups (broad SMARTS) is 1. The van der Waals surface area contributed by atoms with Gasteiger partial charge in [-0.15, -0.1) is 6.58 Å². The standard InChI is InChI=1S/C9H13N3O4S/c1-3-4-7(9(13)14)11-17(15,16)8-5-12(2)6-10-8/h3,5-7,11H,1,4H2,2H3,(H,13,14). The molecule has 8 heteroatoms. The van der Waals surface area contributed by atoms with Crippen LogP contribution in [0.2, 0.25) is 0 Å². The number of rotatable bonds is 6. The summed E-state index contributed by atoms with van der Waals surface area (Å²) in [4.78, 5) is 14.5. The Labute approximate surface area is 98.8 Å². The highest BCUT2D eigenvalue weighted by atomic mass is 32.2. The topological polar surface area (TPSA) is 101 Å². The van der Waals surface area contributed by atoms with Crippen molar-refractivity contribution in [3.8, 4) is 0 Å². The van der Waals surface area contributed by atoms with Gasteiger partial charge in [0.2, 0.25) is 0 Å². The fourth-order valence-electron chi connectivity index (χ4n) is 1.14. The Kier molecular flexibility index (Phi) is 4.02. The van der Waals surface area contributed by atoms with Gasteiger partial charge in [-0.1, -0.05) is 6.08 Å². The van der Waals surface area contributed by atoms with Gasteiger partial charge in [0.15, 0.2) is 5.03 Å². The van der Waals surface area contributed by atoms with Crippen LogP contribution in [0.25, 0.3) is 0 Å². The summed E-state index contributed by atoms with van der Waals surface area (Å²) in [7, 11) is -2.30. The second-order valence-electron chi connectivity index (χ2n) is 3.41. The van der Waals surface area contributed by atoms with E-state index in [1.54, 1.807) is 7.05 Å². The molecule has 94 valence electrons. The maximum absolute atomic E-state index is 11.8. The number of aryl methyl sites for hydroxylation is 1. The number of nitrogens with zero attached hydrogens (tertiary/aromatic N) is 2. The molecule has 1 rings (SSSR count). The first kappa shape index (κ1) is 13.4. The molecule has 7 nitrogen and oxygen atoms in total. The molecule has 17 heavy (non-hydrogen) atoms. The van der Waals surface area contributed by atoms with Gasteiger partial charge in [-0.3, -0.25) is 4.79 Å². The van der Waals surface area contributed by atoms with Crippen molar-refractivity contribution in [3.63, 3.8) is 0 Å². The van der Waals surface area contributed by atoms with Crippen molar-refractivity contribution >= 4 is 16.0 Å². The Balaban J connectivity index is 2.92. The average Bonchev–Trinajstić information content (AvgIpc) is 2.64. The molecule has 0 aliphatic heterocycles. The van der Waals surface area contributed by atoms with E-state index in [-0.39, 0.29) is 11.4 Å². The van der Waals surface area contributed by atoms with Crippen LogP contribution in [0.5, 0.6) is 0 Å². The lowest BCUT2D eigenvalue weighted by molar-refractivity contribution is -0.138. The summed E-state index contributed by atoms with van der Waals surface area (Å²) in [6, 6.07) is -1.24. The maximum atomic E-state index is 11.8. The molecule has 0 radical (unpaired) electrons. The minimum absolute atomic E-state index is 0.00139. The zero-order valence-electron chi connectivity index (χ0n) is 9.20. The summed E-state index contributed by atoms with van der Waals surface area (Å²) >= 11 is 0. The SMILES string of the molecule is C=CCC(NS(=O)(=O)c1cn(C)cn1)C(=O)O. The van der Waals surface area contributed by atoms with Gasteiger partial charge in [-0.25, -0.2) is 13.4 Å². The predicted molar refractivity (Wildman–Crippen MR) is 59.8 cm³/mol. The molecular formula is C9H13N3O4S. The van der Waals surface area contributed by atoms with E-state index in [9.17, 15) is 13.2 Å². The number of sulfonamides is 1. The van der Waals surface area contributed by atoms with Crippen molar-refractivity contribution in [2.24, 2.45) is 7.05 Å². The van der Waals surface area contributed by atoms with E-state index in [0.717, 1.165) is 0 Å². The Morgan fingerprint density at radius 1 is 1.76 bits per heavy atom. The molecule has 0 amide bonds. The third kappa shape index (κ3) is 3.40. The molecule has 0 saturated heterocycles. The molecule has 1 heterocycles. The van der Waals surface area contributed by atoms with Crippen LogP contribution in [0.4, 0.5) is 0 Å². The highest BCUT2D eigenvalue weighted by Crippen LogP contribution is 2.06. The zero-order valence-corrected chi connectivity index (χ0v) is 10.0. The Bertz CT molecular complexity index is 520. The minimum Gasteiger partial charge on any atom is -0.480 e. The number of carboxylic acids is 1. The Morgan fingerprint density at radius 3 is 2.82 bits per heavy atom. The van der Waals surface area contributed by atoms with E-state index < -0.39 is 22.0 Å². The molecule has 0 bridgehead atoms. The number of imidazole rings is 1. The zero-order chi connectivity index (χ0) is 13.1. The van der Waals surface area contributed by atoms with Crippen LogP contribution in [-0.2, 0) is 21.9 Å². The van der Waals surface area contributed by atoms with Crippen molar-refractivity contribution in [2.75, 3.05) is 0 Å². The molecule has 0 saturated carbocycles. The largest absolute Gasteiger partial charge is 0.480 e. The first-order chi connectivity index (χ1) is 7.86. The van der Waals surface area contributed by atoms with Crippen LogP contribution < -0.4 is 4.72 Å². The molecule has 1 aromatic heterocycles. The van der Waals surface area contributed by atoms with Crippen LogP contribution in [0, 0.1) is 0 Å². The summed E-state index contributed by atoms with van der Waals surface area (Å²) in [5.41, 5.74) is 0. The normalized spacial score (nSPS) is 13.2. The minimum atomic E-state index is -3.92. The van der Waals surface area contributed by atoms with Crippen molar-refractivity contribution in [3.05, 3.63) is 25.2 Å². The second-order valence-corrected chi connectivity index (χ2v) is 5.07. The fourth-order valence-corrected chi connectivity index (χ4v) is 2.32. The van der Waals surface area contributed by atoms with Gasteiger partial charge in [0.05, 0.1) is 6.33 Å². The molecule has 0 spiro atoms. The second kappa shape index (κ2) is 5.11. The van der Waals surface area contributed by atoms with E-state index in [1.165, 1.54) is 23.2 Å². The highest BCUT2D eigenvalue weighted by molar-refractivity contribution is 7.89. The number of hydrogen-bond acceptors (Lipinski definition) is 4. The van der Waals surface area contributed by atoms with Crippen LogP contribution in [0.3, 0.4) is 0 Å². The summed E-state index contributed by atoms with van der Waals surface area (Å²) < 4.78 is 27.0. The predicted octanol–water partition coefficient (Wildman–Crippen LogP) is -0.272. The first-order valence-electron chi connectivity index (χ1n) is 4.71. The average molecular weight is 259 g/mol. The quantitative estimate of drug-likeness (QED) is 0.685. The van der Waals surface area contributed by atoms with Gasteiger partial charge < -0.3 is 9.67 Å². The third-order valence-corrected chi connectivity index (χ3v) is 3.31. The number of carbonyl (C=O) groups is 1. The first-order valence-corrected chi connectivity index (χ1v) is 6.19. The van der Waals surface area contributed by atoms with Crippen molar-refractivity contribution < 1.29 is 18.3 Å². The summed E-state index contributed by atoms with van der Waals surface area (Å²) in [5.74, 6) is -1.26. The third-order valence-electron chi connectivity index (χ3n) is 1.95. The smallest absolute Gasteiger partial charge is 0.322 e. The number of nitrogens with one attached hydrogen (secondary N) is 1. The van der Waals surface area contributed by atoms with Gasteiger partial charge in [0, 0.05) is 13.2 Å². The fraction of sp³-hybridized carbons (Fsp3) is 0.333. The van der Waals surface area contributed by atoms with Crippen LogP contribution in [0.15, 0.2) is 30.2 Å². The molecule has 2 N–H and O–H groups in total. The molecule has 1 unspecified atom stereocenters. The lowest BCUT2D eigenvalue weighted by atomic mass is 10.2. The molecule has 0 fully saturated rings. The van der Waals surface area contributed by atoms with Gasteiger partial charge in [-0.05, 0) is 6.42 Å². The Hall–Kier alpha value is -1.67.